The van der Waals surface area contributed by atoms with Gasteiger partial charge in [-0.15, -0.1) is 0 Å². The molecule has 0 heterocycles. The Morgan fingerprint density at radius 2 is 0.545 bits per heavy atom. The minimum absolute atomic E-state index is 0.359. The van der Waals surface area contributed by atoms with Crippen LogP contribution in [0.15, 0.2) is 284 Å². The van der Waals surface area contributed by atoms with Crippen LogP contribution in [-0.2, 0) is 111 Å². The fourth-order valence-electron chi connectivity index (χ4n) is 24.2. The Hall–Kier alpha value is -9.35. The standard InChI is InChI=1S/C115H122O2Si4/c1-77-30-36-91-67-106(84-24-16-11-17-25-84)111(72-101(91)58-77)96-50-46-93-69-110(108(74-103(93)64-96)86-28-20-13-21-29-86)98-52-48-95-71-113(100-53-45-88-59-79(34-38-90(88)63-100)32-31-78-22-14-10-15-23-78)115(76-105(95)66-98)121(8,9)117-119(4,5)57-55-81-35-39-92-68-109(107(73-102(92)61-81)85-26-18-12-19-27-85)97-51-47-94-70-112(99-49-42-83-41-44-89(83)62-99)114(75-104(94)65-97)120(6,7)116-118(2,3)56-54-80-33-37-82-40-43-87(82)60-80/h10-33,35-37,39,42,45-58,60-66,79,106-115H,34,38,40-41,43-44,59,67-76H2,1-9H3/b32-31+,56-54+,57-55+. The Kier molecular flexibility index (Phi) is 21.9. The van der Waals surface area contributed by atoms with Gasteiger partial charge in [-0.05, 0) is 383 Å². The summed E-state index contributed by atoms with van der Waals surface area (Å²) in [7, 11) is -9.46. The summed E-state index contributed by atoms with van der Waals surface area (Å²) in [5, 5.41) is 0. The molecule has 0 aliphatic heterocycles. The molecular weight excluding hydrogens is 1530 g/mol. The van der Waals surface area contributed by atoms with Crippen molar-refractivity contribution >= 4 is 51.5 Å². The van der Waals surface area contributed by atoms with E-state index in [9.17, 15) is 0 Å². The normalized spacial score (nSPS) is 23.1. The van der Waals surface area contributed by atoms with Crippen LogP contribution in [0.1, 0.15) is 210 Å². The summed E-state index contributed by atoms with van der Waals surface area (Å²) in [6, 6.07) is 106. The first-order valence-corrected chi connectivity index (χ1v) is 58.2. The van der Waals surface area contributed by atoms with Gasteiger partial charge in [0.1, 0.15) is 0 Å². The van der Waals surface area contributed by atoms with E-state index < -0.39 is 33.3 Å². The molecule has 11 atom stereocenters. The highest BCUT2D eigenvalue weighted by Crippen LogP contribution is 2.55. The first-order chi connectivity index (χ1) is 58.7. The topological polar surface area (TPSA) is 18.5 Å². The molecule has 6 heteroatoms. The lowest BCUT2D eigenvalue weighted by atomic mass is 9.67. The van der Waals surface area contributed by atoms with Crippen LogP contribution in [0.25, 0.3) is 18.2 Å². The maximum absolute atomic E-state index is 8.10. The Bertz CT molecular complexity index is 5950. The van der Waals surface area contributed by atoms with Crippen molar-refractivity contribution in [1.82, 2.24) is 0 Å². The van der Waals surface area contributed by atoms with Gasteiger partial charge in [-0.2, -0.15) is 0 Å². The molecule has 0 saturated carbocycles. The second-order valence-corrected chi connectivity index (χ2v) is 57.0. The zero-order chi connectivity index (χ0) is 82.3. The second kappa shape index (κ2) is 33.0. The van der Waals surface area contributed by atoms with Gasteiger partial charge < -0.3 is 8.23 Å². The van der Waals surface area contributed by atoms with E-state index in [0.29, 0.717) is 64.3 Å². The third-order valence-corrected chi connectivity index (χ3v) is 45.9. The number of allylic oxidation sites excluding steroid dienone is 1. The average molecular weight is 1650 g/mol. The lowest BCUT2D eigenvalue weighted by molar-refractivity contribution is 0.469. The van der Waals surface area contributed by atoms with E-state index in [1.54, 1.807) is 33.4 Å². The smallest absolute Gasteiger partial charge is 0.198 e. The third-order valence-electron chi connectivity index (χ3n) is 30.8. The molecule has 12 aromatic carbocycles. The molecule has 0 bridgehead atoms. The van der Waals surface area contributed by atoms with Gasteiger partial charge in [0.25, 0.3) is 0 Å². The Balaban J connectivity index is 0.577. The average Bonchev–Trinajstić information content (AvgIpc) is 0.755. The monoisotopic (exact) mass is 1650 g/mol. The molecule has 0 amide bonds. The number of aryl methyl sites for hydroxylation is 6. The molecule has 12 aromatic rings. The van der Waals surface area contributed by atoms with E-state index in [2.05, 4.69) is 362 Å². The van der Waals surface area contributed by atoms with Gasteiger partial charge in [-0.3, -0.25) is 0 Å². The molecule has 0 N–H and O–H groups in total. The van der Waals surface area contributed by atoms with Crippen molar-refractivity contribution in [3.05, 3.63) is 440 Å². The zero-order valence-corrected chi connectivity index (χ0v) is 77.1. The van der Waals surface area contributed by atoms with Gasteiger partial charge in [0.15, 0.2) is 33.3 Å². The van der Waals surface area contributed by atoms with E-state index in [4.69, 9.17) is 8.23 Å². The predicted molar refractivity (Wildman–Crippen MR) is 518 cm³/mol. The van der Waals surface area contributed by atoms with Crippen molar-refractivity contribution in [3.63, 3.8) is 0 Å². The number of hydrogen-bond donors (Lipinski definition) is 0. The first kappa shape index (κ1) is 80.1. The maximum atomic E-state index is 8.10. The Morgan fingerprint density at radius 3 is 0.967 bits per heavy atom. The van der Waals surface area contributed by atoms with Crippen LogP contribution in [0.5, 0.6) is 0 Å². The van der Waals surface area contributed by atoms with Crippen molar-refractivity contribution in [2.45, 2.75) is 227 Å². The Morgan fingerprint density at radius 1 is 0.240 bits per heavy atom. The molecule has 20 rings (SSSR count). The van der Waals surface area contributed by atoms with Crippen LogP contribution < -0.4 is 0 Å². The third kappa shape index (κ3) is 16.8. The molecular formula is C115H122O2Si4. The van der Waals surface area contributed by atoms with Crippen LogP contribution in [0, 0.1) is 12.8 Å². The van der Waals surface area contributed by atoms with Crippen molar-refractivity contribution in [1.29, 1.82) is 0 Å². The fourth-order valence-corrected chi connectivity index (χ4v) is 41.9. The van der Waals surface area contributed by atoms with Gasteiger partial charge in [0.2, 0.25) is 0 Å². The molecule has 11 unspecified atom stereocenters. The maximum Gasteiger partial charge on any atom is 0.198 e. The van der Waals surface area contributed by atoms with E-state index in [1.165, 1.54) is 155 Å². The lowest BCUT2D eigenvalue weighted by Gasteiger charge is -2.45. The summed E-state index contributed by atoms with van der Waals surface area (Å²) < 4.78 is 15.8. The predicted octanol–water partition coefficient (Wildman–Crippen LogP) is 27.9. The molecule has 0 fully saturated rings. The van der Waals surface area contributed by atoms with Crippen molar-refractivity contribution in [3.8, 4) is 0 Å². The second-order valence-electron chi connectivity index (χ2n) is 40.4. The van der Waals surface area contributed by atoms with Gasteiger partial charge in [-0.1, -0.05) is 308 Å². The molecule has 0 radical (unpaired) electrons. The van der Waals surface area contributed by atoms with Crippen LogP contribution in [0.4, 0.5) is 0 Å². The van der Waals surface area contributed by atoms with E-state index in [1.807, 2.05) is 0 Å². The summed E-state index contributed by atoms with van der Waals surface area (Å²) in [5.74, 6) is 3.67. The molecule has 8 aliphatic carbocycles. The molecule has 121 heavy (non-hydrogen) atoms. The van der Waals surface area contributed by atoms with Crippen LogP contribution in [-0.4, -0.2) is 33.3 Å². The highest BCUT2D eigenvalue weighted by atomic mass is 28.4. The zero-order valence-electron chi connectivity index (χ0n) is 73.1. The number of hydrogen-bond acceptors (Lipinski definition) is 2. The summed E-state index contributed by atoms with van der Waals surface area (Å²) in [6.07, 6.45) is 28.5. The quantitative estimate of drug-likeness (QED) is 0.0708. The van der Waals surface area contributed by atoms with Crippen LogP contribution >= 0.6 is 0 Å². The fraction of sp³-hybridized carbons (Fsp3) is 0.322. The number of benzene rings is 12. The van der Waals surface area contributed by atoms with Gasteiger partial charge in [0, 0.05) is 0 Å². The van der Waals surface area contributed by atoms with E-state index >= 15 is 0 Å². The minimum Gasteiger partial charge on any atom is -0.452 e. The molecule has 0 spiro atoms. The molecule has 0 saturated heterocycles. The molecule has 2 nitrogen and oxygen atoms in total. The molecule has 610 valence electrons. The highest BCUT2D eigenvalue weighted by molar-refractivity contribution is 6.89. The molecule has 0 aromatic heterocycles. The largest absolute Gasteiger partial charge is 0.452 e. The van der Waals surface area contributed by atoms with Crippen molar-refractivity contribution in [2.24, 2.45) is 5.92 Å². The highest BCUT2D eigenvalue weighted by Gasteiger charge is 2.49. The number of rotatable bonds is 20. The summed E-state index contributed by atoms with van der Waals surface area (Å²) in [4.78, 5) is 0. The number of fused-ring (bicyclic) bond motifs is 8. The SMILES string of the molecule is Cc1ccc2c(c1)CC(c1ccc3c(c1)CC(c1ccccc1)C(c1ccc4c(c1)CC([Si](C)(C)O[Si](C)(C)/C=C/c1ccc5c(c1)CC(c1ccccc1)C(c1ccc6c(c1)CC([Si](C)(C)O[Si](C)(C)/C=C/c1ccc7c(c1)CC7)C(c1ccc7c(c1)CC7)C6)C5)C(c1ccc5c(c1)CCC(/C=C/c1ccccc1)C5)C4)C3)C(c1ccccc1)C2. The van der Waals surface area contributed by atoms with E-state index in [-0.39, 0.29) is 0 Å². The molecule has 8 aliphatic rings. The van der Waals surface area contributed by atoms with Crippen LogP contribution in [0.2, 0.25) is 63.5 Å². The van der Waals surface area contributed by atoms with Crippen molar-refractivity contribution in [2.75, 3.05) is 0 Å². The summed E-state index contributed by atoms with van der Waals surface area (Å²) in [6.45, 7) is 22.5. The summed E-state index contributed by atoms with van der Waals surface area (Å²) in [5.41, 5.74) is 47.6. The minimum atomic E-state index is -2.50. The van der Waals surface area contributed by atoms with E-state index in [0.717, 1.165) is 77.0 Å². The lowest BCUT2D eigenvalue weighted by Crippen LogP contribution is -2.49. The Labute approximate surface area is 727 Å². The van der Waals surface area contributed by atoms with Gasteiger partial charge in [0.05, 0.1) is 0 Å². The van der Waals surface area contributed by atoms with Crippen molar-refractivity contribution < 1.29 is 8.23 Å². The first-order valence-electron chi connectivity index (χ1n) is 46.2. The van der Waals surface area contributed by atoms with Gasteiger partial charge in [-0.25, -0.2) is 0 Å². The summed E-state index contributed by atoms with van der Waals surface area (Å²) >= 11 is 0. The van der Waals surface area contributed by atoms with Gasteiger partial charge >= 0.3 is 0 Å². The van der Waals surface area contributed by atoms with Crippen LogP contribution in [0.3, 0.4) is 0 Å².